The van der Waals surface area contributed by atoms with Gasteiger partial charge in [-0.3, -0.25) is 0 Å². The summed E-state index contributed by atoms with van der Waals surface area (Å²) in [5, 5.41) is 0.535. The van der Waals surface area contributed by atoms with Crippen molar-refractivity contribution < 1.29 is 8.85 Å². The van der Waals surface area contributed by atoms with Crippen LogP contribution in [0.25, 0.3) is 0 Å². The van der Waals surface area contributed by atoms with E-state index in [1.54, 1.807) is 5.57 Å². The van der Waals surface area contributed by atoms with Crippen molar-refractivity contribution in [2.45, 2.75) is 143 Å². The van der Waals surface area contributed by atoms with E-state index in [2.05, 4.69) is 93.7 Å². The summed E-state index contributed by atoms with van der Waals surface area (Å²) in [6, 6.07) is 0. The van der Waals surface area contributed by atoms with Crippen LogP contribution in [0, 0.1) is 28.6 Å². The number of fused-ring (bicyclic) bond motifs is 5. The van der Waals surface area contributed by atoms with Crippen LogP contribution in [-0.2, 0) is 8.85 Å². The van der Waals surface area contributed by atoms with Gasteiger partial charge in [0.25, 0.3) is 0 Å². The maximum Gasteiger partial charge on any atom is 0.250 e. The Labute approximate surface area is 220 Å². The third-order valence-corrected chi connectivity index (χ3v) is 21.0. The third-order valence-electron chi connectivity index (χ3n) is 12.1. The minimum Gasteiger partial charge on any atom is -0.547 e. The van der Waals surface area contributed by atoms with E-state index in [0.29, 0.717) is 16.9 Å². The molecule has 4 aliphatic carbocycles. The zero-order valence-corrected chi connectivity index (χ0v) is 27.2. The summed E-state index contributed by atoms with van der Waals surface area (Å²) < 4.78 is 13.9. The van der Waals surface area contributed by atoms with Gasteiger partial charge in [0.15, 0.2) is 8.32 Å². The van der Waals surface area contributed by atoms with Gasteiger partial charge < -0.3 is 8.85 Å². The first kappa shape index (κ1) is 27.7. The predicted molar refractivity (Wildman–Crippen MR) is 156 cm³/mol. The highest BCUT2D eigenvalue weighted by Gasteiger charge is 2.59. The van der Waals surface area contributed by atoms with Gasteiger partial charge >= 0.3 is 0 Å². The molecule has 0 amide bonds. The molecule has 2 fully saturated rings. The van der Waals surface area contributed by atoms with Crippen LogP contribution in [0.3, 0.4) is 0 Å². The maximum absolute atomic E-state index is 7.14. The highest BCUT2D eigenvalue weighted by Crippen LogP contribution is 2.65. The van der Waals surface area contributed by atoms with E-state index in [1.807, 2.05) is 0 Å². The first-order valence-electron chi connectivity index (χ1n) is 14.6. The van der Waals surface area contributed by atoms with Gasteiger partial charge in [-0.15, -0.1) is 0 Å². The molecule has 2 saturated carbocycles. The Hall–Kier alpha value is -0.326. The molecule has 200 valence electrons. The highest BCUT2D eigenvalue weighted by molar-refractivity contribution is 6.74. The van der Waals surface area contributed by atoms with Crippen molar-refractivity contribution >= 4 is 16.6 Å². The molecule has 35 heavy (non-hydrogen) atoms. The maximum atomic E-state index is 7.14. The van der Waals surface area contributed by atoms with E-state index in [1.165, 1.54) is 44.3 Å². The topological polar surface area (TPSA) is 18.5 Å². The van der Waals surface area contributed by atoms with E-state index in [0.717, 1.165) is 24.2 Å². The summed E-state index contributed by atoms with van der Waals surface area (Å²) in [6.45, 7) is 29.1. The van der Waals surface area contributed by atoms with Crippen LogP contribution in [-0.4, -0.2) is 22.7 Å². The van der Waals surface area contributed by atoms with Crippen LogP contribution in [0.4, 0.5) is 0 Å². The number of allylic oxidation sites excluding steroid dienone is 4. The Morgan fingerprint density at radius 1 is 0.829 bits per heavy atom. The first-order chi connectivity index (χ1) is 15.8. The fourth-order valence-corrected chi connectivity index (χ4v) is 10.1. The van der Waals surface area contributed by atoms with Gasteiger partial charge in [-0.25, -0.2) is 0 Å². The molecule has 0 N–H and O–H groups in total. The molecule has 6 atom stereocenters. The predicted octanol–water partition coefficient (Wildman–Crippen LogP) is 9.86. The Kier molecular flexibility index (Phi) is 6.80. The summed E-state index contributed by atoms with van der Waals surface area (Å²) in [4.78, 5) is 0. The molecule has 4 heteroatoms. The molecule has 4 aliphatic rings. The molecule has 4 rings (SSSR count). The molecule has 0 aromatic carbocycles. The Balaban J connectivity index is 1.55. The molecule has 0 aromatic heterocycles. The molecule has 0 aromatic rings. The smallest absolute Gasteiger partial charge is 0.250 e. The van der Waals surface area contributed by atoms with E-state index in [9.17, 15) is 0 Å². The summed E-state index contributed by atoms with van der Waals surface area (Å²) >= 11 is 0. The molecule has 0 radical (unpaired) electrons. The number of hydrogen-bond acceptors (Lipinski definition) is 2. The summed E-state index contributed by atoms with van der Waals surface area (Å²) in [5.41, 5.74) is 2.27. The largest absolute Gasteiger partial charge is 0.547 e. The summed E-state index contributed by atoms with van der Waals surface area (Å²) in [7, 11) is -3.53. The Bertz CT molecular complexity index is 887. The minimum absolute atomic E-state index is 0.250. The molecule has 0 heterocycles. The van der Waals surface area contributed by atoms with Crippen molar-refractivity contribution in [3.8, 4) is 0 Å². The lowest BCUT2D eigenvalue weighted by Gasteiger charge is -2.57. The fourth-order valence-electron chi connectivity index (χ4n) is 7.54. The Morgan fingerprint density at radius 2 is 1.46 bits per heavy atom. The van der Waals surface area contributed by atoms with Crippen molar-refractivity contribution in [3.05, 3.63) is 23.5 Å². The zero-order chi connectivity index (χ0) is 26.2. The van der Waals surface area contributed by atoms with Crippen molar-refractivity contribution in [2.24, 2.45) is 28.6 Å². The fraction of sp³-hybridized carbons (Fsp3) is 0.871. The van der Waals surface area contributed by atoms with E-state index < -0.39 is 16.6 Å². The van der Waals surface area contributed by atoms with Crippen LogP contribution in [0.1, 0.15) is 100 Å². The average Bonchev–Trinajstić information content (AvgIpc) is 3.02. The van der Waals surface area contributed by atoms with Gasteiger partial charge in [0.1, 0.15) is 0 Å². The third kappa shape index (κ3) is 4.60. The monoisotopic (exact) mass is 516 g/mol. The van der Waals surface area contributed by atoms with Gasteiger partial charge in [0.05, 0.1) is 11.9 Å². The lowest BCUT2D eigenvalue weighted by molar-refractivity contribution is -0.0592. The van der Waals surface area contributed by atoms with Crippen molar-refractivity contribution in [2.75, 3.05) is 0 Å². The number of hydrogen-bond donors (Lipinski definition) is 0. The zero-order valence-electron chi connectivity index (χ0n) is 25.2. The van der Waals surface area contributed by atoms with Crippen LogP contribution in [0.15, 0.2) is 23.5 Å². The van der Waals surface area contributed by atoms with Crippen molar-refractivity contribution in [3.63, 3.8) is 0 Å². The van der Waals surface area contributed by atoms with E-state index in [4.69, 9.17) is 8.85 Å². The SMILES string of the molecule is CC(C)(C)[Si](C)(C)OC1=CC2=CC[C@@H]3[C@H](CC[C@]4(C)C(O[Si](C)(C)C(C)(C)C)CC[C@@H]34)[C@@]2(C)CC1. The molecule has 0 saturated heterocycles. The average molecular weight is 517 g/mol. The molecule has 2 nitrogen and oxygen atoms in total. The van der Waals surface area contributed by atoms with Gasteiger partial charge in [-0.2, -0.15) is 0 Å². The Morgan fingerprint density at radius 3 is 2.06 bits per heavy atom. The second kappa shape index (κ2) is 8.59. The van der Waals surface area contributed by atoms with Crippen LogP contribution in [0.5, 0.6) is 0 Å². The highest BCUT2D eigenvalue weighted by atomic mass is 28.4. The van der Waals surface area contributed by atoms with Crippen LogP contribution >= 0.6 is 0 Å². The molecular formula is C31H56O2Si2. The molecule has 0 bridgehead atoms. The van der Waals surface area contributed by atoms with Crippen LogP contribution in [0.2, 0.25) is 36.3 Å². The minimum atomic E-state index is -1.78. The number of rotatable bonds is 4. The quantitative estimate of drug-likeness (QED) is 0.346. The molecule has 0 spiro atoms. The first-order valence-corrected chi connectivity index (χ1v) is 20.4. The second-order valence-corrected chi connectivity index (χ2v) is 25.6. The second-order valence-electron chi connectivity index (χ2n) is 16.2. The van der Waals surface area contributed by atoms with E-state index in [-0.39, 0.29) is 10.1 Å². The van der Waals surface area contributed by atoms with Gasteiger partial charge in [0, 0.05) is 6.42 Å². The summed E-state index contributed by atoms with van der Waals surface area (Å²) in [5.74, 6) is 3.73. The molecule has 1 unspecified atom stereocenters. The van der Waals surface area contributed by atoms with E-state index >= 15 is 0 Å². The van der Waals surface area contributed by atoms with Crippen LogP contribution < -0.4 is 0 Å². The van der Waals surface area contributed by atoms with Crippen molar-refractivity contribution in [1.29, 1.82) is 0 Å². The van der Waals surface area contributed by atoms with Gasteiger partial charge in [-0.1, -0.05) is 61.5 Å². The lowest BCUT2D eigenvalue weighted by Crippen LogP contribution is -2.53. The normalized spacial score (nSPS) is 38.2. The summed E-state index contributed by atoms with van der Waals surface area (Å²) in [6.07, 6.45) is 14.6. The van der Waals surface area contributed by atoms with Gasteiger partial charge in [0.2, 0.25) is 8.32 Å². The van der Waals surface area contributed by atoms with Crippen molar-refractivity contribution in [1.82, 2.24) is 0 Å². The molecule has 0 aliphatic heterocycles. The standard InChI is InChI=1S/C31H56O2Si2/c1-28(2,3)34(9,10)32-23-17-19-30(7)22(21-23)13-14-24-25-15-16-27(31(25,8)20-18-26(24)30)33-35(11,12)29(4,5)6/h13,21,24-27H,14-20H2,1-12H3/t24-,25-,26-,27?,30-,31-/m0/s1. The van der Waals surface area contributed by atoms with Gasteiger partial charge in [-0.05, 0) is 115 Å². The lowest BCUT2D eigenvalue weighted by atomic mass is 9.48. The molecular weight excluding hydrogens is 461 g/mol.